The number of anilines is 1. The van der Waals surface area contributed by atoms with E-state index in [1.54, 1.807) is 6.92 Å². The zero-order valence-corrected chi connectivity index (χ0v) is 17.6. The van der Waals surface area contributed by atoms with Crippen LogP contribution >= 0.6 is 0 Å². The maximum Gasteiger partial charge on any atom is 0.250 e. The zero-order valence-electron chi connectivity index (χ0n) is 15.2. The Kier molecular flexibility index (Phi) is 9.91. The van der Waals surface area contributed by atoms with Gasteiger partial charge in [0.2, 0.25) is 0 Å². The molecule has 1 amide bonds. The first-order valence-corrected chi connectivity index (χ1v) is 8.32. The fourth-order valence-electron chi connectivity index (χ4n) is 2.10. The van der Waals surface area contributed by atoms with Crippen LogP contribution in [0.2, 0.25) is 0 Å². The topological polar surface area (TPSA) is 68.0 Å². The Morgan fingerprint density at radius 3 is 2.15 bits per heavy atom. The number of benzene rings is 2. The van der Waals surface area contributed by atoms with E-state index in [2.05, 4.69) is 29.0 Å². The van der Waals surface area contributed by atoms with Crippen molar-refractivity contribution >= 4 is 11.6 Å². The largest absolute Gasteiger partial charge is 0.326 e. The summed E-state index contributed by atoms with van der Waals surface area (Å²) < 4.78 is 0. The maximum atomic E-state index is 11.2. The van der Waals surface area contributed by atoms with Crippen LogP contribution < -0.4 is 11.1 Å². The van der Waals surface area contributed by atoms with Crippen molar-refractivity contribution < 1.29 is 24.9 Å². The Hall–Kier alpha value is -2.59. The molecule has 27 heavy (non-hydrogen) atoms. The third-order valence-corrected chi connectivity index (χ3v) is 3.57. The van der Waals surface area contributed by atoms with E-state index in [1.807, 2.05) is 66.9 Å². The summed E-state index contributed by atoms with van der Waals surface area (Å²) >= 11 is 0. The van der Waals surface area contributed by atoms with Gasteiger partial charge >= 0.3 is 0 Å². The number of amides is 1. The van der Waals surface area contributed by atoms with Crippen molar-refractivity contribution in [2.45, 2.75) is 13.5 Å². The minimum atomic E-state index is -0.162. The first kappa shape index (κ1) is 22.5. The second-order valence-electron chi connectivity index (χ2n) is 5.72. The number of carbonyl (C=O) groups is 1. The molecule has 0 bridgehead atoms. The molecule has 3 N–H and O–H groups in total. The number of rotatable bonds is 4. The second kappa shape index (κ2) is 11.9. The standard InChI is InChI=1S/C11H14N2O.C11H9N.Ir/c1-8(2)11(14)13-10-5-3-9(7-12)4-6-10;1-2-6-10(7-3-1)11-8-4-5-9-12-11;/h3-6H,1,7,12H2,2H3,(H,13,14);1-9H;. The van der Waals surface area contributed by atoms with Gasteiger partial charge in [-0.3, -0.25) is 9.78 Å². The van der Waals surface area contributed by atoms with E-state index in [0.717, 1.165) is 22.5 Å². The van der Waals surface area contributed by atoms with Gasteiger partial charge in [0.15, 0.2) is 0 Å². The van der Waals surface area contributed by atoms with Crippen LogP contribution in [0.4, 0.5) is 5.69 Å². The van der Waals surface area contributed by atoms with Gasteiger partial charge in [0.1, 0.15) is 0 Å². The summed E-state index contributed by atoms with van der Waals surface area (Å²) in [5, 5.41) is 2.71. The fraction of sp³-hybridized carbons (Fsp3) is 0.0909. The monoisotopic (exact) mass is 538 g/mol. The number of nitrogens with zero attached hydrogens (tertiary/aromatic N) is 1. The summed E-state index contributed by atoms with van der Waals surface area (Å²) in [6.45, 7) is 5.73. The van der Waals surface area contributed by atoms with E-state index in [9.17, 15) is 4.79 Å². The molecule has 0 atom stereocenters. The molecule has 4 nitrogen and oxygen atoms in total. The molecule has 0 aliphatic rings. The molecule has 0 saturated heterocycles. The Labute approximate surface area is 173 Å². The quantitative estimate of drug-likeness (QED) is 0.485. The molecule has 5 heteroatoms. The Morgan fingerprint density at radius 2 is 1.63 bits per heavy atom. The van der Waals surface area contributed by atoms with Gasteiger partial charge in [0.05, 0.1) is 5.69 Å². The molecule has 3 aromatic rings. The molecular formula is C22H23IrN3O. The normalized spacial score (nSPS) is 9.26. The van der Waals surface area contributed by atoms with Crippen LogP contribution in [0.25, 0.3) is 11.3 Å². The van der Waals surface area contributed by atoms with Crippen molar-refractivity contribution in [3.05, 3.63) is 96.7 Å². The molecule has 0 aliphatic heterocycles. The van der Waals surface area contributed by atoms with Crippen molar-refractivity contribution in [3.63, 3.8) is 0 Å². The average Bonchev–Trinajstić information content (AvgIpc) is 2.70. The van der Waals surface area contributed by atoms with Crippen LogP contribution in [0.5, 0.6) is 0 Å². The molecule has 1 heterocycles. The molecule has 1 radical (unpaired) electrons. The number of nitrogens with one attached hydrogen (secondary N) is 1. The Morgan fingerprint density at radius 1 is 1.00 bits per heavy atom. The third-order valence-electron chi connectivity index (χ3n) is 3.57. The first-order chi connectivity index (χ1) is 12.6. The summed E-state index contributed by atoms with van der Waals surface area (Å²) in [4.78, 5) is 15.5. The SMILES string of the molecule is C=C(C)C(=O)Nc1ccc(CN)cc1.[Ir].c1ccc(-c2ccccn2)cc1. The van der Waals surface area contributed by atoms with Crippen molar-refractivity contribution in [1.29, 1.82) is 0 Å². The van der Waals surface area contributed by atoms with Gasteiger partial charge in [0, 0.05) is 49.7 Å². The minimum absolute atomic E-state index is 0. The van der Waals surface area contributed by atoms with Crippen LogP contribution in [-0.2, 0) is 31.4 Å². The molecular weight excluding hydrogens is 514 g/mol. The van der Waals surface area contributed by atoms with Gasteiger partial charge < -0.3 is 11.1 Å². The van der Waals surface area contributed by atoms with E-state index >= 15 is 0 Å². The molecule has 2 aromatic carbocycles. The Bertz CT molecular complexity index is 797. The number of pyridine rings is 1. The van der Waals surface area contributed by atoms with Gasteiger partial charge in [-0.25, -0.2) is 0 Å². The summed E-state index contributed by atoms with van der Waals surface area (Å²) in [7, 11) is 0. The minimum Gasteiger partial charge on any atom is -0.326 e. The first-order valence-electron chi connectivity index (χ1n) is 8.32. The number of hydrogen-bond acceptors (Lipinski definition) is 3. The average molecular weight is 538 g/mol. The number of nitrogens with two attached hydrogens (primary N) is 1. The maximum absolute atomic E-state index is 11.2. The third kappa shape index (κ3) is 7.67. The van der Waals surface area contributed by atoms with E-state index in [-0.39, 0.29) is 26.0 Å². The smallest absolute Gasteiger partial charge is 0.250 e. The van der Waals surface area contributed by atoms with Gasteiger partial charge in [-0.05, 0) is 36.8 Å². The second-order valence-corrected chi connectivity index (χ2v) is 5.72. The van der Waals surface area contributed by atoms with Gasteiger partial charge in [0.25, 0.3) is 5.91 Å². The van der Waals surface area contributed by atoms with E-state index < -0.39 is 0 Å². The summed E-state index contributed by atoms with van der Waals surface area (Å²) in [6.07, 6.45) is 1.81. The molecule has 141 valence electrons. The van der Waals surface area contributed by atoms with E-state index in [4.69, 9.17) is 5.73 Å². The Balaban J connectivity index is 0.000000262. The van der Waals surface area contributed by atoms with Crippen LogP contribution in [0.3, 0.4) is 0 Å². The van der Waals surface area contributed by atoms with Crippen molar-refractivity contribution in [2.75, 3.05) is 5.32 Å². The summed E-state index contributed by atoms with van der Waals surface area (Å²) in [5.41, 5.74) is 9.93. The molecule has 0 spiro atoms. The van der Waals surface area contributed by atoms with Gasteiger partial charge in [-0.15, -0.1) is 0 Å². The molecule has 0 fully saturated rings. The molecule has 0 saturated carbocycles. The summed E-state index contributed by atoms with van der Waals surface area (Å²) in [6, 6.07) is 23.5. The van der Waals surface area contributed by atoms with Crippen LogP contribution in [0.1, 0.15) is 12.5 Å². The van der Waals surface area contributed by atoms with Crippen LogP contribution in [0, 0.1) is 0 Å². The summed E-state index contributed by atoms with van der Waals surface area (Å²) in [5.74, 6) is -0.162. The van der Waals surface area contributed by atoms with Crippen molar-refractivity contribution in [1.82, 2.24) is 4.98 Å². The predicted octanol–water partition coefficient (Wildman–Crippen LogP) is 4.41. The number of aromatic nitrogens is 1. The van der Waals surface area contributed by atoms with E-state index in [0.29, 0.717) is 12.1 Å². The fourth-order valence-corrected chi connectivity index (χ4v) is 2.10. The van der Waals surface area contributed by atoms with Crippen molar-refractivity contribution in [2.24, 2.45) is 5.73 Å². The predicted molar refractivity (Wildman–Crippen MR) is 107 cm³/mol. The van der Waals surface area contributed by atoms with Crippen LogP contribution in [0.15, 0.2) is 91.1 Å². The van der Waals surface area contributed by atoms with Gasteiger partial charge in [-0.1, -0.05) is 55.1 Å². The van der Waals surface area contributed by atoms with Crippen molar-refractivity contribution in [3.8, 4) is 11.3 Å². The molecule has 1 aromatic heterocycles. The molecule has 3 rings (SSSR count). The van der Waals surface area contributed by atoms with Crippen LogP contribution in [-0.4, -0.2) is 10.9 Å². The number of hydrogen-bond donors (Lipinski definition) is 2. The molecule has 0 unspecified atom stereocenters. The number of carbonyl (C=O) groups excluding carboxylic acids is 1. The zero-order chi connectivity index (χ0) is 18.8. The molecule has 0 aliphatic carbocycles. The van der Waals surface area contributed by atoms with Gasteiger partial charge in [-0.2, -0.15) is 0 Å². The van der Waals surface area contributed by atoms with E-state index in [1.165, 1.54) is 0 Å².